The number of para-hydroxylation sites is 1. The lowest BCUT2D eigenvalue weighted by atomic mass is 9.81. The van der Waals surface area contributed by atoms with E-state index in [4.69, 9.17) is 0 Å². The summed E-state index contributed by atoms with van der Waals surface area (Å²) in [5, 5.41) is 2.83. The number of nitrogens with one attached hydrogen (secondary N) is 1. The minimum absolute atomic E-state index is 0.113. The Morgan fingerprint density at radius 1 is 0.862 bits per heavy atom. The zero-order chi connectivity index (χ0) is 20.3. The quantitative estimate of drug-likeness (QED) is 0.489. The first-order valence-corrected chi connectivity index (χ1v) is 11.4. The molecule has 0 spiro atoms. The van der Waals surface area contributed by atoms with Crippen molar-refractivity contribution in [3.8, 4) is 0 Å². The first kappa shape index (κ1) is 19.0. The van der Waals surface area contributed by atoms with Gasteiger partial charge in [0, 0.05) is 20.9 Å². The number of imide groups is 1. The molecule has 148 valence electrons. The van der Waals surface area contributed by atoms with E-state index in [2.05, 4.69) is 37.2 Å². The van der Waals surface area contributed by atoms with Crippen LogP contribution in [-0.4, -0.2) is 27.4 Å². The monoisotopic (exact) mass is 516 g/mol. The Bertz CT molecular complexity index is 963. The number of hydrogen-bond acceptors (Lipinski definition) is 3. The van der Waals surface area contributed by atoms with Crippen molar-refractivity contribution >= 4 is 61.0 Å². The molecule has 3 aliphatic rings. The lowest BCUT2D eigenvalue weighted by Crippen LogP contribution is -2.37. The highest BCUT2D eigenvalue weighted by molar-refractivity contribution is 9.12. The molecule has 2 aromatic rings. The van der Waals surface area contributed by atoms with E-state index in [-0.39, 0.29) is 51.0 Å². The Morgan fingerprint density at radius 3 is 1.97 bits per heavy atom. The van der Waals surface area contributed by atoms with Gasteiger partial charge in [-0.05, 0) is 54.7 Å². The van der Waals surface area contributed by atoms with Crippen molar-refractivity contribution in [2.75, 3.05) is 10.2 Å². The summed E-state index contributed by atoms with van der Waals surface area (Å²) in [5.41, 5.74) is 1.71. The van der Waals surface area contributed by atoms with Crippen LogP contribution in [0.25, 0.3) is 0 Å². The molecule has 0 radical (unpaired) electrons. The fourth-order valence-electron chi connectivity index (χ4n) is 5.09. The van der Waals surface area contributed by atoms with Gasteiger partial charge < -0.3 is 5.32 Å². The van der Waals surface area contributed by atoms with Crippen LogP contribution in [0.1, 0.15) is 16.8 Å². The first-order valence-electron chi connectivity index (χ1n) is 9.60. The topological polar surface area (TPSA) is 66.5 Å². The van der Waals surface area contributed by atoms with Crippen molar-refractivity contribution in [3.63, 3.8) is 0 Å². The summed E-state index contributed by atoms with van der Waals surface area (Å²) < 4.78 is 0. The zero-order valence-corrected chi connectivity index (χ0v) is 18.5. The van der Waals surface area contributed by atoms with Crippen LogP contribution in [0.15, 0.2) is 54.6 Å². The molecule has 3 fully saturated rings. The molecule has 6 atom stereocenters. The van der Waals surface area contributed by atoms with Crippen molar-refractivity contribution in [2.24, 2.45) is 23.7 Å². The number of amides is 3. The van der Waals surface area contributed by atoms with E-state index in [0.717, 1.165) is 6.42 Å². The summed E-state index contributed by atoms with van der Waals surface area (Å²) in [6, 6.07) is 15.9. The van der Waals surface area contributed by atoms with Crippen LogP contribution in [0, 0.1) is 23.7 Å². The number of carbonyl (C=O) groups excluding carboxylic acids is 3. The number of rotatable bonds is 3. The average molecular weight is 518 g/mol. The molecular weight excluding hydrogens is 500 g/mol. The predicted molar refractivity (Wildman–Crippen MR) is 117 cm³/mol. The molecule has 3 amide bonds. The van der Waals surface area contributed by atoms with Crippen molar-refractivity contribution in [1.29, 1.82) is 0 Å². The molecule has 0 aromatic heterocycles. The van der Waals surface area contributed by atoms with Crippen molar-refractivity contribution < 1.29 is 14.4 Å². The molecular formula is C22H18Br2N2O3. The molecule has 29 heavy (non-hydrogen) atoms. The largest absolute Gasteiger partial charge is 0.322 e. The third-order valence-corrected chi connectivity index (χ3v) is 9.61. The van der Waals surface area contributed by atoms with E-state index >= 15 is 0 Å². The fourth-order valence-corrected chi connectivity index (χ4v) is 6.96. The highest BCUT2D eigenvalue weighted by atomic mass is 79.9. The standard InChI is InChI=1S/C22H18Br2N2O3/c23-18-14-10-15(19(18)24)17-16(14)21(28)26(22(17)29)13-8-6-11(7-9-13)20(27)25-12-4-2-1-3-5-12/h1-9,14-19H,10H2,(H,25,27)/t14-,15-,16-,17-,18-,19+/m0/s1. The van der Waals surface area contributed by atoms with Gasteiger partial charge in [0.2, 0.25) is 11.8 Å². The second kappa shape index (κ2) is 7.06. The number of carbonyl (C=O) groups is 3. The molecule has 0 unspecified atom stereocenters. The van der Waals surface area contributed by atoms with Crippen LogP contribution in [0.4, 0.5) is 11.4 Å². The molecule has 1 saturated heterocycles. The Labute approximate surface area is 185 Å². The molecule has 2 saturated carbocycles. The molecule has 1 aliphatic heterocycles. The van der Waals surface area contributed by atoms with Gasteiger partial charge in [0.05, 0.1) is 17.5 Å². The molecule has 2 aliphatic carbocycles. The van der Waals surface area contributed by atoms with Crippen LogP contribution in [0.5, 0.6) is 0 Å². The summed E-state index contributed by atoms with van der Waals surface area (Å²) in [5.74, 6) is -0.575. The number of benzene rings is 2. The molecule has 2 bridgehead atoms. The minimum Gasteiger partial charge on any atom is -0.322 e. The van der Waals surface area contributed by atoms with Crippen LogP contribution >= 0.6 is 31.9 Å². The Balaban J connectivity index is 1.36. The van der Waals surface area contributed by atoms with E-state index in [1.807, 2.05) is 30.3 Å². The zero-order valence-electron chi connectivity index (χ0n) is 15.3. The van der Waals surface area contributed by atoms with Gasteiger partial charge >= 0.3 is 0 Å². The van der Waals surface area contributed by atoms with Gasteiger partial charge in [-0.15, -0.1) is 0 Å². The van der Waals surface area contributed by atoms with Gasteiger partial charge in [-0.25, -0.2) is 0 Å². The normalized spacial score (nSPS) is 32.6. The molecule has 7 heteroatoms. The van der Waals surface area contributed by atoms with E-state index in [9.17, 15) is 14.4 Å². The highest BCUT2D eigenvalue weighted by Gasteiger charge is 2.66. The van der Waals surface area contributed by atoms with Gasteiger partial charge in [-0.1, -0.05) is 50.1 Å². The number of fused-ring (bicyclic) bond motifs is 5. The minimum atomic E-state index is -0.244. The van der Waals surface area contributed by atoms with Gasteiger partial charge in [0.1, 0.15) is 0 Å². The molecule has 1 heterocycles. The smallest absolute Gasteiger partial charge is 0.255 e. The highest BCUT2D eigenvalue weighted by Crippen LogP contribution is 2.60. The van der Waals surface area contributed by atoms with E-state index in [1.54, 1.807) is 24.3 Å². The third kappa shape index (κ3) is 2.89. The van der Waals surface area contributed by atoms with Crippen LogP contribution < -0.4 is 10.2 Å². The molecule has 5 rings (SSSR count). The fraction of sp³-hybridized carbons (Fsp3) is 0.318. The maximum absolute atomic E-state index is 13.1. The number of anilines is 2. The van der Waals surface area contributed by atoms with E-state index in [0.29, 0.717) is 16.9 Å². The third-order valence-electron chi connectivity index (χ3n) is 6.41. The number of nitrogens with zero attached hydrogens (tertiary/aromatic N) is 1. The molecule has 1 N–H and O–H groups in total. The summed E-state index contributed by atoms with van der Waals surface area (Å²) in [6.45, 7) is 0. The first-order chi connectivity index (χ1) is 14.0. The van der Waals surface area contributed by atoms with Gasteiger partial charge in [-0.3, -0.25) is 19.3 Å². The molecule has 2 aromatic carbocycles. The second-order valence-electron chi connectivity index (χ2n) is 7.88. The van der Waals surface area contributed by atoms with Gasteiger partial charge in [0.25, 0.3) is 5.91 Å². The Hall–Kier alpha value is -1.99. The Morgan fingerprint density at radius 2 is 1.41 bits per heavy atom. The van der Waals surface area contributed by atoms with Crippen LogP contribution in [0.3, 0.4) is 0 Å². The Kier molecular flexibility index (Phi) is 4.62. The number of alkyl halides is 2. The average Bonchev–Trinajstić information content (AvgIpc) is 3.34. The predicted octanol–water partition coefficient (Wildman–Crippen LogP) is 4.22. The van der Waals surface area contributed by atoms with Crippen molar-refractivity contribution in [1.82, 2.24) is 0 Å². The van der Waals surface area contributed by atoms with Crippen LogP contribution in [0.2, 0.25) is 0 Å². The number of hydrogen-bond donors (Lipinski definition) is 1. The SMILES string of the molecule is O=C(Nc1ccccc1)c1ccc(N2C(=O)[C@H]3[C@@H]4C[C@H]([C@@H](Br)[C@H]4Br)[C@@H]3C2=O)cc1. The van der Waals surface area contributed by atoms with Crippen LogP contribution in [-0.2, 0) is 9.59 Å². The second-order valence-corrected chi connectivity index (χ2v) is 10.00. The van der Waals surface area contributed by atoms with Gasteiger partial charge in [-0.2, -0.15) is 0 Å². The van der Waals surface area contributed by atoms with Crippen molar-refractivity contribution in [3.05, 3.63) is 60.2 Å². The number of halogens is 2. The summed E-state index contributed by atoms with van der Waals surface area (Å²) >= 11 is 7.40. The lowest BCUT2D eigenvalue weighted by molar-refractivity contribution is -0.123. The summed E-state index contributed by atoms with van der Waals surface area (Å²) in [6.07, 6.45) is 0.908. The maximum Gasteiger partial charge on any atom is 0.255 e. The van der Waals surface area contributed by atoms with Crippen molar-refractivity contribution in [2.45, 2.75) is 16.1 Å². The lowest BCUT2D eigenvalue weighted by Gasteiger charge is -2.28. The maximum atomic E-state index is 13.1. The van der Waals surface area contributed by atoms with E-state index < -0.39 is 0 Å². The van der Waals surface area contributed by atoms with Gasteiger partial charge in [0.15, 0.2) is 0 Å². The summed E-state index contributed by atoms with van der Waals surface area (Å²) in [7, 11) is 0. The summed E-state index contributed by atoms with van der Waals surface area (Å²) in [4.78, 5) is 40.4. The van der Waals surface area contributed by atoms with E-state index in [1.165, 1.54) is 4.90 Å². The molecule has 5 nitrogen and oxygen atoms in total.